The minimum atomic E-state index is 0.689. The molecule has 0 amide bonds. The first-order valence-corrected chi connectivity index (χ1v) is 5.54. The Kier molecular flexibility index (Phi) is 1.77. The average Bonchev–Trinajstić information content (AvgIpc) is 3.05. The van der Waals surface area contributed by atoms with Crippen LogP contribution in [-0.4, -0.2) is 23.8 Å². The van der Waals surface area contributed by atoms with Crippen molar-refractivity contribution in [2.45, 2.75) is 0 Å². The second-order valence-corrected chi connectivity index (χ2v) is 3.99. The fourth-order valence-electron chi connectivity index (χ4n) is 1.96. The molecule has 5 heteroatoms. The van der Waals surface area contributed by atoms with Gasteiger partial charge in [0.15, 0.2) is 0 Å². The van der Waals surface area contributed by atoms with Gasteiger partial charge in [0, 0.05) is 36.4 Å². The van der Waals surface area contributed by atoms with Crippen LogP contribution >= 0.6 is 0 Å². The Morgan fingerprint density at radius 2 is 2.00 bits per heavy atom. The van der Waals surface area contributed by atoms with Gasteiger partial charge in [0.1, 0.15) is 0 Å². The quantitative estimate of drug-likeness (QED) is 0.505. The summed E-state index contributed by atoms with van der Waals surface area (Å²) in [6.07, 6.45) is 11.0. The van der Waals surface area contributed by atoms with Crippen LogP contribution in [0.4, 0.5) is 0 Å². The molecular weight excluding hydrogens is 226 g/mol. The van der Waals surface area contributed by atoms with Crippen molar-refractivity contribution in [3.8, 4) is 11.3 Å². The molecule has 0 aliphatic heterocycles. The molecule has 0 bridgehead atoms. The summed E-state index contributed by atoms with van der Waals surface area (Å²) in [7, 11) is 0. The third-order valence-corrected chi connectivity index (χ3v) is 2.87. The molecule has 0 aliphatic rings. The fraction of sp³-hybridized carbons (Fsp3) is 0. The zero-order valence-corrected chi connectivity index (χ0v) is 9.35. The molecular formula is C13H8N5. The average molecular weight is 234 g/mol. The number of hydrogen-bond donors (Lipinski definition) is 0. The van der Waals surface area contributed by atoms with E-state index in [-0.39, 0.29) is 0 Å². The van der Waals surface area contributed by atoms with Gasteiger partial charge >= 0.3 is 0 Å². The lowest BCUT2D eigenvalue weighted by Gasteiger charge is -2.01. The second kappa shape index (κ2) is 3.40. The number of hydrogen-bond acceptors (Lipinski definition) is 3. The van der Waals surface area contributed by atoms with Crippen LogP contribution in [0, 0.1) is 6.07 Å². The molecule has 4 aromatic rings. The topological polar surface area (TPSA) is 47.5 Å². The van der Waals surface area contributed by atoms with Crippen LogP contribution in [-0.2, 0) is 0 Å². The molecule has 1 radical (unpaired) electrons. The van der Waals surface area contributed by atoms with Crippen LogP contribution in [0.1, 0.15) is 0 Å². The third kappa shape index (κ3) is 1.31. The van der Waals surface area contributed by atoms with Gasteiger partial charge in [-0.2, -0.15) is 0 Å². The monoisotopic (exact) mass is 234 g/mol. The van der Waals surface area contributed by atoms with Crippen molar-refractivity contribution in [1.82, 2.24) is 23.8 Å². The fourth-order valence-corrected chi connectivity index (χ4v) is 1.96. The number of rotatable bonds is 1. The van der Waals surface area contributed by atoms with Gasteiger partial charge in [-0.05, 0) is 12.1 Å². The molecule has 0 atom stereocenters. The normalized spacial score (nSPS) is 11.3. The van der Waals surface area contributed by atoms with E-state index >= 15 is 0 Å². The van der Waals surface area contributed by atoms with E-state index in [1.807, 2.05) is 39.5 Å². The summed E-state index contributed by atoms with van der Waals surface area (Å²) >= 11 is 0. The molecule has 4 heterocycles. The first-order valence-electron chi connectivity index (χ1n) is 5.54. The van der Waals surface area contributed by atoms with E-state index in [1.54, 1.807) is 18.7 Å². The molecule has 5 nitrogen and oxygen atoms in total. The lowest BCUT2D eigenvalue weighted by molar-refractivity contribution is 1.11. The number of imidazole rings is 2. The van der Waals surface area contributed by atoms with Gasteiger partial charge in [0.05, 0.1) is 23.7 Å². The summed E-state index contributed by atoms with van der Waals surface area (Å²) in [6, 6.07) is 7.20. The zero-order valence-electron chi connectivity index (χ0n) is 9.35. The van der Waals surface area contributed by atoms with Crippen molar-refractivity contribution in [3.05, 3.63) is 55.5 Å². The largest absolute Gasteiger partial charge is 0.306 e. The van der Waals surface area contributed by atoms with Crippen LogP contribution in [0.25, 0.3) is 22.6 Å². The van der Waals surface area contributed by atoms with E-state index in [2.05, 4.69) is 21.0 Å². The van der Waals surface area contributed by atoms with Gasteiger partial charge in [0.25, 0.3) is 0 Å². The van der Waals surface area contributed by atoms with E-state index in [0.29, 0.717) is 5.78 Å². The minimum absolute atomic E-state index is 0.689. The standard InChI is InChI=1S/C13H8N5/c1-4-18-9-14-8-11(18)7-10(1)12-2-5-17-6-3-15-13(17)16-12/h1-6,8-9H. The van der Waals surface area contributed by atoms with Crippen molar-refractivity contribution >= 4 is 11.3 Å². The Bertz CT molecular complexity index is 770. The van der Waals surface area contributed by atoms with E-state index in [4.69, 9.17) is 0 Å². The molecule has 0 saturated heterocycles. The van der Waals surface area contributed by atoms with E-state index in [9.17, 15) is 0 Å². The van der Waals surface area contributed by atoms with Crippen LogP contribution in [0.15, 0.2) is 49.4 Å². The van der Waals surface area contributed by atoms with Crippen LogP contribution in [0.2, 0.25) is 0 Å². The maximum Gasteiger partial charge on any atom is 0.234 e. The van der Waals surface area contributed by atoms with E-state index < -0.39 is 0 Å². The zero-order chi connectivity index (χ0) is 11.9. The van der Waals surface area contributed by atoms with Crippen molar-refractivity contribution < 1.29 is 0 Å². The van der Waals surface area contributed by atoms with Gasteiger partial charge in [-0.25, -0.2) is 15.0 Å². The molecule has 4 aromatic heterocycles. The van der Waals surface area contributed by atoms with Crippen molar-refractivity contribution in [1.29, 1.82) is 0 Å². The summed E-state index contributed by atoms with van der Waals surface area (Å²) in [5.41, 5.74) is 2.73. The molecule has 0 unspecified atom stereocenters. The molecule has 85 valence electrons. The highest BCUT2D eigenvalue weighted by Gasteiger charge is 2.04. The van der Waals surface area contributed by atoms with Crippen molar-refractivity contribution in [3.63, 3.8) is 0 Å². The molecule has 0 aromatic carbocycles. The molecule has 0 fully saturated rings. The summed E-state index contributed by atoms with van der Waals surface area (Å²) < 4.78 is 3.79. The van der Waals surface area contributed by atoms with Gasteiger partial charge in [-0.1, -0.05) is 0 Å². The first kappa shape index (κ1) is 9.35. The first-order chi connectivity index (χ1) is 8.90. The highest BCUT2D eigenvalue weighted by molar-refractivity contribution is 5.65. The Balaban J connectivity index is 1.93. The molecule has 0 aliphatic carbocycles. The molecule has 4 rings (SSSR count). The number of nitrogens with zero attached hydrogens (tertiary/aromatic N) is 5. The van der Waals surface area contributed by atoms with Crippen LogP contribution in [0.3, 0.4) is 0 Å². The number of pyridine rings is 1. The van der Waals surface area contributed by atoms with Crippen molar-refractivity contribution in [2.75, 3.05) is 0 Å². The van der Waals surface area contributed by atoms with Crippen LogP contribution < -0.4 is 0 Å². The third-order valence-electron chi connectivity index (χ3n) is 2.87. The second-order valence-electron chi connectivity index (χ2n) is 3.99. The van der Waals surface area contributed by atoms with Gasteiger partial charge in [-0.3, -0.25) is 4.40 Å². The maximum absolute atomic E-state index is 4.49. The predicted molar refractivity (Wildman–Crippen MR) is 66.0 cm³/mol. The maximum atomic E-state index is 4.49. The minimum Gasteiger partial charge on any atom is -0.306 e. The van der Waals surface area contributed by atoms with Gasteiger partial charge in [0.2, 0.25) is 5.78 Å². The Labute approximate surface area is 102 Å². The van der Waals surface area contributed by atoms with E-state index in [1.165, 1.54) is 0 Å². The van der Waals surface area contributed by atoms with Gasteiger partial charge in [-0.15, -0.1) is 0 Å². The lowest BCUT2D eigenvalue weighted by Crippen LogP contribution is -1.91. The van der Waals surface area contributed by atoms with Crippen molar-refractivity contribution in [2.24, 2.45) is 0 Å². The van der Waals surface area contributed by atoms with Gasteiger partial charge < -0.3 is 4.40 Å². The molecule has 18 heavy (non-hydrogen) atoms. The molecule has 0 saturated carbocycles. The number of fused-ring (bicyclic) bond motifs is 2. The number of aromatic nitrogens is 5. The smallest absolute Gasteiger partial charge is 0.234 e. The lowest BCUT2D eigenvalue weighted by atomic mass is 10.2. The highest BCUT2D eigenvalue weighted by atomic mass is 15.1. The summed E-state index contributed by atoms with van der Waals surface area (Å²) in [4.78, 5) is 12.7. The molecule has 0 spiro atoms. The van der Waals surface area contributed by atoms with E-state index in [0.717, 1.165) is 16.8 Å². The Morgan fingerprint density at radius 1 is 1.06 bits per heavy atom. The Hall–Kier alpha value is -2.69. The Morgan fingerprint density at radius 3 is 3.00 bits per heavy atom. The SMILES string of the molecule is [c]1c(-c2ccn3ccnc3n2)ccn2cncc12. The highest BCUT2D eigenvalue weighted by Crippen LogP contribution is 2.18. The summed E-state index contributed by atoms with van der Waals surface area (Å²) in [6.45, 7) is 0. The van der Waals surface area contributed by atoms with Crippen LogP contribution in [0.5, 0.6) is 0 Å². The summed E-state index contributed by atoms with van der Waals surface area (Å²) in [5, 5.41) is 0. The molecule has 0 N–H and O–H groups in total. The summed E-state index contributed by atoms with van der Waals surface area (Å²) in [5.74, 6) is 0.689. The predicted octanol–water partition coefficient (Wildman–Crippen LogP) is 1.84.